The normalized spacial score (nSPS) is 11.3. The predicted octanol–water partition coefficient (Wildman–Crippen LogP) is 0.533. The third-order valence-corrected chi connectivity index (χ3v) is 2.72. The van der Waals surface area contributed by atoms with Crippen molar-refractivity contribution in [3.05, 3.63) is 16.7 Å². The Morgan fingerprint density at radius 1 is 1.62 bits per heavy atom. The number of hydrogen-bond acceptors (Lipinski definition) is 4. The fraction of sp³-hybridized carbons (Fsp3) is 0.167. The largest absolute Gasteiger partial charge is 0.372 e. The van der Waals surface area contributed by atoms with E-state index in [1.54, 1.807) is 7.05 Å². The lowest BCUT2D eigenvalue weighted by Gasteiger charge is -2.05. The van der Waals surface area contributed by atoms with Gasteiger partial charge in [-0.1, -0.05) is 0 Å². The summed E-state index contributed by atoms with van der Waals surface area (Å²) in [6.07, 6.45) is 1.49. The van der Waals surface area contributed by atoms with Crippen LogP contribution in [-0.2, 0) is 10.0 Å². The second kappa shape index (κ2) is 3.60. The minimum absolute atomic E-state index is 0.0237. The highest BCUT2D eigenvalue weighted by Crippen LogP contribution is 2.20. The van der Waals surface area contributed by atoms with Gasteiger partial charge in [0.25, 0.3) is 0 Å². The highest BCUT2D eigenvalue weighted by molar-refractivity contribution is 9.10. The molecule has 0 unspecified atom stereocenters. The molecular weight excluding hydrogens is 258 g/mol. The number of nitrogens with one attached hydrogen (secondary N) is 1. The number of anilines is 1. The van der Waals surface area contributed by atoms with Gasteiger partial charge in [0.1, 0.15) is 10.7 Å². The number of hydrogen-bond donors (Lipinski definition) is 2. The Bertz CT molecular complexity index is 418. The molecule has 0 fully saturated rings. The zero-order chi connectivity index (χ0) is 10.1. The van der Waals surface area contributed by atoms with Gasteiger partial charge in [0.05, 0.1) is 0 Å². The highest BCUT2D eigenvalue weighted by Gasteiger charge is 2.14. The monoisotopic (exact) mass is 265 g/mol. The lowest BCUT2D eigenvalue weighted by molar-refractivity contribution is 0.597. The molecule has 0 radical (unpaired) electrons. The Kier molecular flexibility index (Phi) is 2.89. The number of halogens is 1. The van der Waals surface area contributed by atoms with Gasteiger partial charge < -0.3 is 5.32 Å². The first kappa shape index (κ1) is 10.4. The van der Waals surface area contributed by atoms with Crippen molar-refractivity contribution in [3.63, 3.8) is 0 Å². The van der Waals surface area contributed by atoms with Crippen LogP contribution < -0.4 is 10.5 Å². The Hall–Kier alpha value is -0.660. The van der Waals surface area contributed by atoms with Crippen molar-refractivity contribution in [3.8, 4) is 0 Å². The molecule has 0 bridgehead atoms. The fourth-order valence-corrected chi connectivity index (χ4v) is 2.02. The summed E-state index contributed by atoms with van der Waals surface area (Å²) in [7, 11) is -2.15. The molecular formula is C6H8BrN3O2S. The van der Waals surface area contributed by atoms with Gasteiger partial charge in [-0.3, -0.25) is 0 Å². The van der Waals surface area contributed by atoms with Crippen LogP contribution in [0.2, 0.25) is 0 Å². The second-order valence-corrected chi connectivity index (χ2v) is 4.74. The average molecular weight is 266 g/mol. The topological polar surface area (TPSA) is 85.1 Å². The van der Waals surface area contributed by atoms with Gasteiger partial charge in [-0.15, -0.1) is 0 Å². The van der Waals surface area contributed by atoms with E-state index in [2.05, 4.69) is 26.2 Å². The van der Waals surface area contributed by atoms with Crippen LogP contribution in [0.15, 0.2) is 21.6 Å². The van der Waals surface area contributed by atoms with Gasteiger partial charge in [0.2, 0.25) is 10.0 Å². The van der Waals surface area contributed by atoms with Crippen molar-refractivity contribution in [2.75, 3.05) is 12.4 Å². The van der Waals surface area contributed by atoms with Crippen LogP contribution in [0.5, 0.6) is 0 Å². The summed E-state index contributed by atoms with van der Waals surface area (Å²) in [6, 6.07) is 1.40. The molecule has 3 N–H and O–H groups in total. The number of aromatic nitrogens is 1. The number of rotatable bonds is 2. The molecule has 0 saturated carbocycles. The standard InChI is InChI=1S/C6H8BrN3O2S/c1-9-6-5(13(8,11)12)2-4(7)3-10-6/h2-3H,1H3,(H,9,10)(H2,8,11,12). The third kappa shape index (κ3) is 2.39. The maximum Gasteiger partial charge on any atom is 0.241 e. The molecule has 1 heterocycles. The molecule has 1 aromatic rings. The first-order chi connectivity index (χ1) is 5.95. The van der Waals surface area contributed by atoms with Crippen molar-refractivity contribution >= 4 is 31.8 Å². The van der Waals surface area contributed by atoms with E-state index in [0.29, 0.717) is 4.47 Å². The first-order valence-electron chi connectivity index (χ1n) is 3.31. The zero-order valence-corrected chi connectivity index (χ0v) is 9.18. The lowest BCUT2D eigenvalue weighted by Crippen LogP contribution is -2.15. The highest BCUT2D eigenvalue weighted by atomic mass is 79.9. The number of pyridine rings is 1. The molecule has 0 spiro atoms. The maximum atomic E-state index is 11.0. The molecule has 72 valence electrons. The van der Waals surface area contributed by atoms with Crippen LogP contribution in [0.3, 0.4) is 0 Å². The van der Waals surface area contributed by atoms with Gasteiger partial charge in [-0.2, -0.15) is 0 Å². The maximum absolute atomic E-state index is 11.0. The minimum atomic E-state index is -3.72. The van der Waals surface area contributed by atoms with Crippen LogP contribution >= 0.6 is 15.9 Å². The van der Waals surface area contributed by atoms with E-state index in [4.69, 9.17) is 5.14 Å². The third-order valence-electron chi connectivity index (χ3n) is 1.36. The van der Waals surface area contributed by atoms with Crippen molar-refractivity contribution < 1.29 is 8.42 Å². The summed E-state index contributed by atoms with van der Waals surface area (Å²) in [5.74, 6) is 0.241. The van der Waals surface area contributed by atoms with E-state index >= 15 is 0 Å². The van der Waals surface area contributed by atoms with Crippen molar-refractivity contribution in [1.29, 1.82) is 0 Å². The summed E-state index contributed by atoms with van der Waals surface area (Å²) in [4.78, 5) is 3.82. The molecule has 0 aliphatic rings. The second-order valence-electron chi connectivity index (χ2n) is 2.30. The first-order valence-corrected chi connectivity index (χ1v) is 5.65. The van der Waals surface area contributed by atoms with E-state index < -0.39 is 10.0 Å². The minimum Gasteiger partial charge on any atom is -0.372 e. The van der Waals surface area contributed by atoms with Gasteiger partial charge >= 0.3 is 0 Å². The van der Waals surface area contributed by atoms with E-state index in [0.717, 1.165) is 0 Å². The summed E-state index contributed by atoms with van der Waals surface area (Å²) in [5, 5.41) is 7.61. The molecule has 0 aliphatic carbocycles. The quantitative estimate of drug-likeness (QED) is 0.817. The van der Waals surface area contributed by atoms with Crippen molar-refractivity contribution in [2.24, 2.45) is 5.14 Å². The van der Waals surface area contributed by atoms with Crippen LogP contribution in [0.1, 0.15) is 0 Å². The number of sulfonamides is 1. The van der Waals surface area contributed by atoms with Gasteiger partial charge in [-0.05, 0) is 22.0 Å². The summed E-state index contributed by atoms with van der Waals surface area (Å²) >= 11 is 3.11. The number of primary sulfonamides is 1. The van der Waals surface area contributed by atoms with E-state index in [1.807, 2.05) is 0 Å². The molecule has 0 atom stereocenters. The molecule has 7 heteroatoms. The smallest absolute Gasteiger partial charge is 0.241 e. The Morgan fingerprint density at radius 3 is 2.69 bits per heavy atom. The zero-order valence-electron chi connectivity index (χ0n) is 6.78. The molecule has 0 saturated heterocycles. The molecule has 1 aromatic heterocycles. The van der Waals surface area contributed by atoms with Crippen molar-refractivity contribution in [1.82, 2.24) is 4.98 Å². The number of nitrogens with two attached hydrogens (primary N) is 1. The van der Waals surface area contributed by atoms with Gasteiger partial charge in [0, 0.05) is 17.7 Å². The van der Waals surface area contributed by atoms with Crippen LogP contribution in [-0.4, -0.2) is 20.4 Å². The summed E-state index contributed by atoms with van der Waals surface area (Å²) < 4.78 is 22.6. The summed E-state index contributed by atoms with van der Waals surface area (Å²) in [6.45, 7) is 0. The van der Waals surface area contributed by atoms with Gasteiger partial charge in [0.15, 0.2) is 0 Å². The molecule has 5 nitrogen and oxygen atoms in total. The number of nitrogens with zero attached hydrogens (tertiary/aromatic N) is 1. The molecule has 13 heavy (non-hydrogen) atoms. The van der Waals surface area contributed by atoms with Crippen LogP contribution in [0.25, 0.3) is 0 Å². The van der Waals surface area contributed by atoms with E-state index in [-0.39, 0.29) is 10.7 Å². The van der Waals surface area contributed by atoms with Crippen LogP contribution in [0, 0.1) is 0 Å². The lowest BCUT2D eigenvalue weighted by atomic mass is 10.4. The Labute approximate surface area is 84.5 Å². The molecule has 0 amide bonds. The molecule has 0 aliphatic heterocycles. The fourth-order valence-electron chi connectivity index (χ4n) is 0.825. The SMILES string of the molecule is CNc1ncc(Br)cc1S(N)(=O)=O. The summed E-state index contributed by atoms with van der Waals surface area (Å²) in [5.41, 5.74) is 0. The predicted molar refractivity (Wildman–Crippen MR) is 52.9 cm³/mol. The average Bonchev–Trinajstić information content (AvgIpc) is 2.03. The van der Waals surface area contributed by atoms with Gasteiger partial charge in [-0.25, -0.2) is 18.5 Å². The Morgan fingerprint density at radius 2 is 2.23 bits per heavy atom. The molecule has 1 rings (SSSR count). The Balaban J connectivity index is 3.41. The van der Waals surface area contributed by atoms with Crippen LogP contribution in [0.4, 0.5) is 5.82 Å². The van der Waals surface area contributed by atoms with E-state index in [1.165, 1.54) is 12.3 Å². The van der Waals surface area contributed by atoms with Crippen molar-refractivity contribution in [2.45, 2.75) is 4.90 Å². The molecule has 0 aromatic carbocycles. The van der Waals surface area contributed by atoms with E-state index in [9.17, 15) is 8.42 Å².